The van der Waals surface area contributed by atoms with Gasteiger partial charge < -0.3 is 14.7 Å². The SMILES string of the molecule is CCOC(=O)C(CCc1ccccc1)NC1CSC(c2cccs2)CN([C@@]2(C(=O)O)CCCN2)C1=O. The molecule has 2 aromatic rings. The third-order valence-corrected chi connectivity index (χ3v) is 9.19. The normalized spacial score (nSPS) is 25.4. The predicted octanol–water partition coefficient (Wildman–Crippen LogP) is 3.05. The lowest BCUT2D eigenvalue weighted by molar-refractivity contribution is -0.162. The van der Waals surface area contributed by atoms with Crippen LogP contribution in [0, 0.1) is 0 Å². The van der Waals surface area contributed by atoms with E-state index in [-0.39, 0.29) is 24.3 Å². The van der Waals surface area contributed by atoms with Gasteiger partial charge in [0.15, 0.2) is 5.66 Å². The molecule has 0 spiro atoms. The van der Waals surface area contributed by atoms with Crippen LogP contribution in [0.5, 0.6) is 0 Å². The van der Waals surface area contributed by atoms with Crippen molar-refractivity contribution in [2.75, 3.05) is 25.4 Å². The van der Waals surface area contributed by atoms with Crippen LogP contribution < -0.4 is 10.6 Å². The van der Waals surface area contributed by atoms with Gasteiger partial charge in [-0.2, -0.15) is 0 Å². The van der Waals surface area contributed by atoms with Crippen LogP contribution >= 0.6 is 23.1 Å². The Kier molecular flexibility index (Phi) is 9.05. The van der Waals surface area contributed by atoms with Gasteiger partial charge >= 0.3 is 11.9 Å². The minimum absolute atomic E-state index is 0.0512. The number of thioether (sulfide) groups is 1. The number of carbonyl (C=O) groups excluding carboxylic acids is 2. The summed E-state index contributed by atoms with van der Waals surface area (Å²) in [6, 6.07) is 12.5. The van der Waals surface area contributed by atoms with Crippen LogP contribution in [-0.2, 0) is 25.5 Å². The number of ether oxygens (including phenoxy) is 1. The molecule has 10 heteroatoms. The maximum Gasteiger partial charge on any atom is 0.344 e. The lowest BCUT2D eigenvalue weighted by atomic mass is 10.0. The summed E-state index contributed by atoms with van der Waals surface area (Å²) in [5.74, 6) is -1.32. The molecule has 4 rings (SSSR count). The van der Waals surface area contributed by atoms with Crippen LogP contribution in [0.2, 0.25) is 0 Å². The number of thiophene rings is 1. The largest absolute Gasteiger partial charge is 0.478 e. The molecule has 3 N–H and O–H groups in total. The summed E-state index contributed by atoms with van der Waals surface area (Å²) >= 11 is 3.22. The molecule has 4 atom stereocenters. The first kappa shape index (κ1) is 26.7. The van der Waals surface area contributed by atoms with E-state index in [2.05, 4.69) is 10.6 Å². The van der Waals surface area contributed by atoms with Crippen molar-refractivity contribution in [1.82, 2.24) is 15.5 Å². The maximum absolute atomic E-state index is 13.9. The van der Waals surface area contributed by atoms with Crippen molar-refractivity contribution < 1.29 is 24.2 Å². The zero-order valence-electron chi connectivity index (χ0n) is 20.4. The van der Waals surface area contributed by atoms with Crippen molar-refractivity contribution in [3.05, 3.63) is 58.3 Å². The van der Waals surface area contributed by atoms with E-state index in [0.717, 1.165) is 10.4 Å². The number of aryl methyl sites for hydroxylation is 1. The summed E-state index contributed by atoms with van der Waals surface area (Å²) in [6.45, 7) is 2.83. The van der Waals surface area contributed by atoms with Gasteiger partial charge in [0, 0.05) is 17.2 Å². The number of carboxylic acid groups (broad SMARTS) is 1. The highest BCUT2D eigenvalue weighted by atomic mass is 32.2. The molecule has 2 saturated heterocycles. The fourth-order valence-electron chi connectivity index (χ4n) is 4.86. The standard InChI is InChI=1S/C26H33N3O5S2/c1-2-34-24(31)19(12-11-18-8-4-3-5-9-18)28-20-17-36-22(21-10-6-15-35-21)16-29(23(20)30)26(25(32)33)13-7-14-27-26/h3-6,8-10,15,19-20,22,27-28H,2,7,11-14,16-17H2,1H3,(H,32,33)/t19?,20?,22?,26-/m1/s1. The first-order valence-corrected chi connectivity index (χ1v) is 14.3. The molecule has 0 bridgehead atoms. The quantitative estimate of drug-likeness (QED) is 0.402. The van der Waals surface area contributed by atoms with Crippen molar-refractivity contribution >= 4 is 40.9 Å². The summed E-state index contributed by atoms with van der Waals surface area (Å²) in [4.78, 5) is 41.9. The Morgan fingerprint density at radius 3 is 2.72 bits per heavy atom. The van der Waals surface area contributed by atoms with Gasteiger partial charge in [-0.3, -0.25) is 20.2 Å². The number of amides is 1. The maximum atomic E-state index is 13.9. The molecule has 2 aliphatic heterocycles. The van der Waals surface area contributed by atoms with Gasteiger partial charge in [-0.25, -0.2) is 4.79 Å². The molecule has 2 fully saturated rings. The number of aliphatic carboxylic acids is 1. The molecule has 8 nitrogen and oxygen atoms in total. The number of esters is 1. The Labute approximate surface area is 219 Å². The average molecular weight is 532 g/mol. The molecule has 0 radical (unpaired) electrons. The minimum atomic E-state index is -1.44. The Morgan fingerprint density at radius 1 is 1.28 bits per heavy atom. The van der Waals surface area contributed by atoms with Gasteiger partial charge in [0.05, 0.1) is 17.9 Å². The van der Waals surface area contributed by atoms with Crippen LogP contribution in [0.4, 0.5) is 0 Å². The molecule has 2 aliphatic rings. The van der Waals surface area contributed by atoms with Crippen molar-refractivity contribution in [3.63, 3.8) is 0 Å². The molecule has 36 heavy (non-hydrogen) atoms. The second kappa shape index (κ2) is 12.2. The second-order valence-electron chi connectivity index (χ2n) is 9.03. The molecule has 1 amide bonds. The third kappa shape index (κ3) is 5.94. The van der Waals surface area contributed by atoms with Crippen LogP contribution in [0.3, 0.4) is 0 Å². The van der Waals surface area contributed by atoms with E-state index in [1.54, 1.807) is 30.0 Å². The summed E-state index contributed by atoms with van der Waals surface area (Å²) < 4.78 is 5.33. The topological polar surface area (TPSA) is 108 Å². The van der Waals surface area contributed by atoms with E-state index in [4.69, 9.17) is 4.74 Å². The Balaban J connectivity index is 1.59. The van der Waals surface area contributed by atoms with Crippen LogP contribution in [0.15, 0.2) is 47.8 Å². The van der Waals surface area contributed by atoms with Crippen molar-refractivity contribution in [2.24, 2.45) is 0 Å². The molecule has 1 aromatic heterocycles. The zero-order chi connectivity index (χ0) is 25.5. The van der Waals surface area contributed by atoms with E-state index in [0.29, 0.717) is 38.0 Å². The Morgan fingerprint density at radius 2 is 2.08 bits per heavy atom. The highest BCUT2D eigenvalue weighted by molar-refractivity contribution is 7.99. The highest BCUT2D eigenvalue weighted by Crippen LogP contribution is 2.39. The average Bonchev–Trinajstić information content (AvgIpc) is 3.57. The van der Waals surface area contributed by atoms with E-state index in [1.807, 2.05) is 47.8 Å². The number of carbonyl (C=O) groups is 3. The number of benzene rings is 1. The van der Waals surface area contributed by atoms with Crippen LogP contribution in [-0.4, -0.2) is 71.0 Å². The van der Waals surface area contributed by atoms with Crippen molar-refractivity contribution in [3.8, 4) is 0 Å². The first-order chi connectivity index (χ1) is 17.4. The lowest BCUT2D eigenvalue weighted by Gasteiger charge is -2.39. The van der Waals surface area contributed by atoms with Crippen LogP contribution in [0.1, 0.15) is 41.9 Å². The van der Waals surface area contributed by atoms with Gasteiger partial charge in [0.1, 0.15) is 6.04 Å². The number of nitrogens with one attached hydrogen (secondary N) is 2. The van der Waals surface area contributed by atoms with Gasteiger partial charge in [-0.05, 0) is 56.2 Å². The molecule has 1 aromatic carbocycles. The minimum Gasteiger partial charge on any atom is -0.478 e. The number of nitrogens with zero attached hydrogens (tertiary/aromatic N) is 1. The highest BCUT2D eigenvalue weighted by Gasteiger charge is 2.52. The second-order valence-corrected chi connectivity index (χ2v) is 11.2. The molecule has 3 unspecified atom stereocenters. The van der Waals surface area contributed by atoms with E-state index in [9.17, 15) is 19.5 Å². The predicted molar refractivity (Wildman–Crippen MR) is 141 cm³/mol. The molecule has 0 saturated carbocycles. The molecule has 194 valence electrons. The number of hydrogen-bond acceptors (Lipinski definition) is 8. The number of hydrogen-bond donors (Lipinski definition) is 3. The van der Waals surface area contributed by atoms with Gasteiger partial charge in [0.2, 0.25) is 5.91 Å². The molecular formula is C26H33N3O5S2. The number of carboxylic acids is 1. The van der Waals surface area contributed by atoms with E-state index in [1.165, 1.54) is 4.90 Å². The van der Waals surface area contributed by atoms with E-state index < -0.39 is 29.7 Å². The molecule has 0 aliphatic carbocycles. The van der Waals surface area contributed by atoms with Crippen LogP contribution in [0.25, 0.3) is 0 Å². The first-order valence-electron chi connectivity index (χ1n) is 12.4. The Hall–Kier alpha value is -2.40. The van der Waals surface area contributed by atoms with Crippen molar-refractivity contribution in [1.29, 1.82) is 0 Å². The summed E-state index contributed by atoms with van der Waals surface area (Å²) in [6.07, 6.45) is 2.13. The lowest BCUT2D eigenvalue weighted by Crippen LogP contribution is -2.66. The molecule has 3 heterocycles. The molecular weight excluding hydrogens is 498 g/mol. The van der Waals surface area contributed by atoms with E-state index >= 15 is 0 Å². The smallest absolute Gasteiger partial charge is 0.344 e. The fourth-order valence-corrected chi connectivity index (χ4v) is 7.09. The summed E-state index contributed by atoms with van der Waals surface area (Å²) in [5, 5.41) is 18.5. The summed E-state index contributed by atoms with van der Waals surface area (Å²) in [7, 11) is 0. The zero-order valence-corrected chi connectivity index (χ0v) is 22.0. The number of rotatable bonds is 10. The van der Waals surface area contributed by atoms with Gasteiger partial charge in [-0.15, -0.1) is 23.1 Å². The van der Waals surface area contributed by atoms with Gasteiger partial charge in [0.25, 0.3) is 0 Å². The van der Waals surface area contributed by atoms with Crippen molar-refractivity contribution in [2.45, 2.75) is 55.6 Å². The van der Waals surface area contributed by atoms with Gasteiger partial charge in [-0.1, -0.05) is 36.4 Å². The third-order valence-electron chi connectivity index (χ3n) is 6.72. The summed E-state index contributed by atoms with van der Waals surface area (Å²) in [5.41, 5.74) is -0.351. The fraction of sp³-hybridized carbons (Fsp3) is 0.500. The Bertz CT molecular complexity index is 1030. The monoisotopic (exact) mass is 531 g/mol.